The fraction of sp³-hybridized carbons (Fsp3) is 1.00. The Balaban J connectivity index is 1.71. The summed E-state index contributed by atoms with van der Waals surface area (Å²) in [6.07, 6.45) is 4.45. The molecular formula is C13H26N2. The van der Waals surface area contributed by atoms with Crippen LogP contribution in [0.1, 0.15) is 33.1 Å². The molecule has 2 atom stereocenters. The summed E-state index contributed by atoms with van der Waals surface area (Å²) in [6.45, 7) is 11.1. The van der Waals surface area contributed by atoms with E-state index < -0.39 is 0 Å². The maximum Gasteiger partial charge on any atom is 0.0107 e. The van der Waals surface area contributed by atoms with Gasteiger partial charge < -0.3 is 10.2 Å². The van der Waals surface area contributed by atoms with Gasteiger partial charge in [-0.3, -0.25) is 0 Å². The van der Waals surface area contributed by atoms with E-state index in [9.17, 15) is 0 Å². The predicted molar refractivity (Wildman–Crippen MR) is 65.0 cm³/mol. The third-order valence-corrected chi connectivity index (χ3v) is 4.25. The molecule has 1 heterocycles. The highest BCUT2D eigenvalue weighted by Crippen LogP contribution is 2.35. The summed E-state index contributed by atoms with van der Waals surface area (Å²) in [6, 6.07) is 0. The SMILES string of the molecule is CC(C)C1CCC(CN2CCNCC2)C1. The minimum atomic E-state index is 0.901. The summed E-state index contributed by atoms with van der Waals surface area (Å²) in [5.74, 6) is 2.91. The van der Waals surface area contributed by atoms with Crippen LogP contribution in [0.25, 0.3) is 0 Å². The zero-order chi connectivity index (χ0) is 10.7. The molecule has 1 saturated carbocycles. The molecule has 15 heavy (non-hydrogen) atoms. The Morgan fingerprint density at radius 2 is 1.93 bits per heavy atom. The first-order valence-corrected chi connectivity index (χ1v) is 6.69. The first-order chi connectivity index (χ1) is 7.25. The maximum atomic E-state index is 3.42. The molecule has 2 fully saturated rings. The van der Waals surface area contributed by atoms with E-state index in [0.717, 1.165) is 17.8 Å². The molecule has 0 aromatic carbocycles. The highest BCUT2D eigenvalue weighted by molar-refractivity contribution is 4.81. The first-order valence-electron chi connectivity index (χ1n) is 6.69. The van der Waals surface area contributed by atoms with Gasteiger partial charge in [0.15, 0.2) is 0 Å². The second-order valence-electron chi connectivity index (χ2n) is 5.73. The number of hydrogen-bond acceptors (Lipinski definition) is 2. The van der Waals surface area contributed by atoms with Gasteiger partial charge in [-0.05, 0) is 37.0 Å². The van der Waals surface area contributed by atoms with Gasteiger partial charge in [0, 0.05) is 32.7 Å². The number of nitrogens with one attached hydrogen (secondary N) is 1. The number of nitrogens with zero attached hydrogens (tertiary/aromatic N) is 1. The lowest BCUT2D eigenvalue weighted by atomic mass is 9.93. The number of rotatable bonds is 3. The maximum absolute atomic E-state index is 3.42. The van der Waals surface area contributed by atoms with Crippen molar-refractivity contribution in [1.82, 2.24) is 10.2 Å². The van der Waals surface area contributed by atoms with Crippen molar-refractivity contribution in [1.29, 1.82) is 0 Å². The minimum Gasteiger partial charge on any atom is -0.314 e. The Kier molecular flexibility index (Phi) is 4.04. The van der Waals surface area contributed by atoms with Crippen LogP contribution in [0.3, 0.4) is 0 Å². The van der Waals surface area contributed by atoms with E-state index >= 15 is 0 Å². The monoisotopic (exact) mass is 210 g/mol. The molecule has 2 rings (SSSR count). The molecule has 1 saturated heterocycles. The second-order valence-corrected chi connectivity index (χ2v) is 5.73. The lowest BCUT2D eigenvalue weighted by Gasteiger charge is -2.29. The van der Waals surface area contributed by atoms with Crippen LogP contribution in [-0.2, 0) is 0 Å². The number of hydrogen-bond donors (Lipinski definition) is 1. The van der Waals surface area contributed by atoms with E-state index in [4.69, 9.17) is 0 Å². The summed E-state index contributed by atoms with van der Waals surface area (Å²) in [5.41, 5.74) is 0. The van der Waals surface area contributed by atoms with Crippen LogP contribution in [0, 0.1) is 17.8 Å². The second kappa shape index (κ2) is 5.31. The molecule has 0 amide bonds. The average Bonchev–Trinajstić information content (AvgIpc) is 2.68. The van der Waals surface area contributed by atoms with Gasteiger partial charge in [-0.15, -0.1) is 0 Å². The van der Waals surface area contributed by atoms with Crippen LogP contribution in [0.5, 0.6) is 0 Å². The highest BCUT2D eigenvalue weighted by atomic mass is 15.2. The van der Waals surface area contributed by atoms with E-state index in [1.54, 1.807) is 0 Å². The Morgan fingerprint density at radius 1 is 1.20 bits per heavy atom. The van der Waals surface area contributed by atoms with Crippen molar-refractivity contribution < 1.29 is 0 Å². The van der Waals surface area contributed by atoms with Gasteiger partial charge in [0.2, 0.25) is 0 Å². The average molecular weight is 210 g/mol. The Morgan fingerprint density at radius 3 is 2.53 bits per heavy atom. The summed E-state index contributed by atoms with van der Waals surface area (Å²) in [7, 11) is 0. The Labute approximate surface area is 94.4 Å². The fourth-order valence-corrected chi connectivity index (χ4v) is 3.14. The predicted octanol–water partition coefficient (Wildman–Crippen LogP) is 1.96. The molecule has 1 aliphatic carbocycles. The van der Waals surface area contributed by atoms with E-state index in [1.807, 2.05) is 0 Å². The minimum absolute atomic E-state index is 0.901. The normalized spacial score (nSPS) is 33.8. The van der Waals surface area contributed by atoms with Crippen molar-refractivity contribution in [2.75, 3.05) is 32.7 Å². The van der Waals surface area contributed by atoms with E-state index in [-0.39, 0.29) is 0 Å². The molecule has 0 bridgehead atoms. The molecule has 2 heteroatoms. The molecule has 0 spiro atoms. The zero-order valence-electron chi connectivity index (χ0n) is 10.3. The highest BCUT2D eigenvalue weighted by Gasteiger charge is 2.28. The fourth-order valence-electron chi connectivity index (χ4n) is 3.14. The molecule has 0 radical (unpaired) electrons. The van der Waals surface area contributed by atoms with Crippen molar-refractivity contribution in [3.63, 3.8) is 0 Å². The van der Waals surface area contributed by atoms with E-state index in [1.165, 1.54) is 52.0 Å². The van der Waals surface area contributed by atoms with Gasteiger partial charge in [-0.2, -0.15) is 0 Å². The van der Waals surface area contributed by atoms with Gasteiger partial charge >= 0.3 is 0 Å². The first kappa shape index (κ1) is 11.4. The molecule has 1 aliphatic heterocycles. The van der Waals surface area contributed by atoms with Gasteiger partial charge in [-0.25, -0.2) is 0 Å². The summed E-state index contributed by atoms with van der Waals surface area (Å²) in [5, 5.41) is 3.42. The van der Waals surface area contributed by atoms with Crippen molar-refractivity contribution >= 4 is 0 Å². The van der Waals surface area contributed by atoms with Crippen molar-refractivity contribution in [3.05, 3.63) is 0 Å². The van der Waals surface area contributed by atoms with E-state index in [2.05, 4.69) is 24.1 Å². The van der Waals surface area contributed by atoms with Crippen LogP contribution < -0.4 is 5.32 Å². The molecule has 0 aromatic rings. The van der Waals surface area contributed by atoms with Crippen molar-refractivity contribution in [2.45, 2.75) is 33.1 Å². The third-order valence-electron chi connectivity index (χ3n) is 4.25. The standard InChI is InChI=1S/C13H26N2/c1-11(2)13-4-3-12(9-13)10-15-7-5-14-6-8-15/h11-14H,3-10H2,1-2H3. The van der Waals surface area contributed by atoms with Crippen LogP contribution in [0.15, 0.2) is 0 Å². The molecular weight excluding hydrogens is 184 g/mol. The summed E-state index contributed by atoms with van der Waals surface area (Å²) >= 11 is 0. The van der Waals surface area contributed by atoms with Gasteiger partial charge in [0.1, 0.15) is 0 Å². The van der Waals surface area contributed by atoms with Crippen LogP contribution in [0.4, 0.5) is 0 Å². The third kappa shape index (κ3) is 3.18. The van der Waals surface area contributed by atoms with E-state index in [0.29, 0.717) is 0 Å². The smallest absolute Gasteiger partial charge is 0.0107 e. The van der Waals surface area contributed by atoms with Gasteiger partial charge in [-0.1, -0.05) is 13.8 Å². The van der Waals surface area contributed by atoms with Crippen LogP contribution in [-0.4, -0.2) is 37.6 Å². The molecule has 0 aromatic heterocycles. The van der Waals surface area contributed by atoms with Gasteiger partial charge in [0.05, 0.1) is 0 Å². The van der Waals surface area contributed by atoms with Crippen molar-refractivity contribution in [2.24, 2.45) is 17.8 Å². The molecule has 2 aliphatic rings. The largest absolute Gasteiger partial charge is 0.314 e. The summed E-state index contributed by atoms with van der Waals surface area (Å²) < 4.78 is 0. The topological polar surface area (TPSA) is 15.3 Å². The van der Waals surface area contributed by atoms with Crippen LogP contribution >= 0.6 is 0 Å². The Hall–Kier alpha value is -0.0800. The van der Waals surface area contributed by atoms with Gasteiger partial charge in [0.25, 0.3) is 0 Å². The molecule has 2 unspecified atom stereocenters. The molecule has 88 valence electrons. The number of piperazine rings is 1. The molecule has 1 N–H and O–H groups in total. The lowest BCUT2D eigenvalue weighted by Crippen LogP contribution is -2.45. The molecule has 2 nitrogen and oxygen atoms in total. The quantitative estimate of drug-likeness (QED) is 0.766. The Bertz CT molecular complexity index is 185. The van der Waals surface area contributed by atoms with Crippen molar-refractivity contribution in [3.8, 4) is 0 Å². The summed E-state index contributed by atoms with van der Waals surface area (Å²) in [4.78, 5) is 2.66. The van der Waals surface area contributed by atoms with Crippen LogP contribution in [0.2, 0.25) is 0 Å². The zero-order valence-corrected chi connectivity index (χ0v) is 10.3. The lowest BCUT2D eigenvalue weighted by molar-refractivity contribution is 0.202.